The van der Waals surface area contributed by atoms with Crippen LogP contribution >= 0.6 is 0 Å². The summed E-state index contributed by atoms with van der Waals surface area (Å²) in [4.78, 5) is 14.8. The van der Waals surface area contributed by atoms with E-state index in [4.69, 9.17) is 13.9 Å². The molecule has 8 heteroatoms. The number of furan rings is 1. The predicted molar refractivity (Wildman–Crippen MR) is 87.0 cm³/mol. The van der Waals surface area contributed by atoms with Crippen LogP contribution in [0.25, 0.3) is 0 Å². The van der Waals surface area contributed by atoms with E-state index < -0.39 is 0 Å². The Morgan fingerprint density at radius 1 is 1.21 bits per heavy atom. The molecule has 2 aromatic heterocycles. The SMILES string of the molecule is COc1ccc(OC)c(Nc2nnc(Cc3ccco3)c(=O)[nH]2)c1. The fraction of sp³-hybridized carbons (Fsp3) is 0.188. The van der Waals surface area contributed by atoms with Gasteiger partial charge in [-0.05, 0) is 24.3 Å². The number of anilines is 2. The van der Waals surface area contributed by atoms with Crippen molar-refractivity contribution in [2.45, 2.75) is 6.42 Å². The summed E-state index contributed by atoms with van der Waals surface area (Å²) in [6.45, 7) is 0. The molecule has 0 unspecified atom stereocenters. The molecule has 124 valence electrons. The molecule has 0 aliphatic heterocycles. The van der Waals surface area contributed by atoms with E-state index in [2.05, 4.69) is 20.5 Å². The van der Waals surface area contributed by atoms with Gasteiger partial charge in [0.1, 0.15) is 23.0 Å². The van der Waals surface area contributed by atoms with Crippen molar-refractivity contribution in [3.63, 3.8) is 0 Å². The zero-order valence-electron chi connectivity index (χ0n) is 13.2. The first kappa shape index (κ1) is 15.6. The van der Waals surface area contributed by atoms with Crippen molar-refractivity contribution in [3.05, 3.63) is 58.4 Å². The second-order valence-corrected chi connectivity index (χ2v) is 4.90. The minimum Gasteiger partial charge on any atom is -0.497 e. The van der Waals surface area contributed by atoms with E-state index >= 15 is 0 Å². The number of rotatable bonds is 6. The summed E-state index contributed by atoms with van der Waals surface area (Å²) in [6.07, 6.45) is 1.82. The number of H-pyrrole nitrogens is 1. The lowest BCUT2D eigenvalue weighted by atomic mass is 10.2. The minimum absolute atomic E-state index is 0.203. The Balaban J connectivity index is 1.83. The van der Waals surface area contributed by atoms with Crippen LogP contribution in [0.5, 0.6) is 11.5 Å². The van der Waals surface area contributed by atoms with Crippen LogP contribution in [0, 0.1) is 0 Å². The van der Waals surface area contributed by atoms with E-state index in [1.807, 2.05) is 0 Å². The van der Waals surface area contributed by atoms with Gasteiger partial charge in [-0.15, -0.1) is 10.2 Å². The van der Waals surface area contributed by atoms with E-state index in [9.17, 15) is 4.79 Å². The molecule has 0 bridgehead atoms. The molecule has 0 aliphatic carbocycles. The summed E-state index contributed by atoms with van der Waals surface area (Å²) in [5, 5.41) is 10.9. The Hall–Kier alpha value is -3.29. The van der Waals surface area contributed by atoms with Crippen molar-refractivity contribution in [1.29, 1.82) is 0 Å². The second kappa shape index (κ2) is 6.86. The van der Waals surface area contributed by atoms with Crippen LogP contribution < -0.4 is 20.3 Å². The van der Waals surface area contributed by atoms with E-state index in [0.717, 1.165) is 0 Å². The number of nitrogens with one attached hydrogen (secondary N) is 2. The van der Waals surface area contributed by atoms with Gasteiger partial charge in [0.05, 0.1) is 32.6 Å². The Kier molecular flexibility index (Phi) is 4.46. The van der Waals surface area contributed by atoms with Gasteiger partial charge in [0.2, 0.25) is 5.95 Å². The molecule has 0 atom stereocenters. The van der Waals surface area contributed by atoms with Crippen molar-refractivity contribution in [2.75, 3.05) is 19.5 Å². The zero-order valence-corrected chi connectivity index (χ0v) is 13.2. The summed E-state index contributed by atoms with van der Waals surface area (Å²) >= 11 is 0. The standard InChI is InChI=1S/C16H16N4O4/c1-22-10-5-6-14(23-2)12(8-10)17-16-18-15(21)13(19-20-16)9-11-4-3-7-24-11/h3-8H,9H2,1-2H3,(H2,17,18,20,21). The van der Waals surface area contributed by atoms with Crippen LogP contribution in [0.2, 0.25) is 0 Å². The van der Waals surface area contributed by atoms with Gasteiger partial charge in [0.15, 0.2) is 0 Å². The first-order chi connectivity index (χ1) is 11.7. The maximum Gasteiger partial charge on any atom is 0.274 e. The second-order valence-electron chi connectivity index (χ2n) is 4.90. The largest absolute Gasteiger partial charge is 0.497 e. The molecule has 2 N–H and O–H groups in total. The monoisotopic (exact) mass is 328 g/mol. The summed E-state index contributed by atoms with van der Waals surface area (Å²) in [5.74, 6) is 2.07. The summed E-state index contributed by atoms with van der Waals surface area (Å²) in [5.41, 5.74) is 0.527. The summed E-state index contributed by atoms with van der Waals surface area (Å²) in [6, 6.07) is 8.77. The maximum atomic E-state index is 12.1. The van der Waals surface area contributed by atoms with Gasteiger partial charge in [0, 0.05) is 6.07 Å². The normalized spacial score (nSPS) is 10.4. The fourth-order valence-corrected chi connectivity index (χ4v) is 2.15. The Bertz CT molecular complexity index is 874. The molecule has 0 saturated heterocycles. The van der Waals surface area contributed by atoms with E-state index in [0.29, 0.717) is 22.9 Å². The zero-order chi connectivity index (χ0) is 16.9. The van der Waals surface area contributed by atoms with Crippen molar-refractivity contribution in [3.8, 4) is 11.5 Å². The highest BCUT2D eigenvalue weighted by Gasteiger charge is 2.10. The Morgan fingerprint density at radius 2 is 2.08 bits per heavy atom. The maximum absolute atomic E-state index is 12.1. The van der Waals surface area contributed by atoms with Gasteiger partial charge < -0.3 is 19.2 Å². The molecule has 2 heterocycles. The number of nitrogens with zero attached hydrogens (tertiary/aromatic N) is 2. The van der Waals surface area contributed by atoms with Gasteiger partial charge in [-0.3, -0.25) is 9.78 Å². The lowest BCUT2D eigenvalue weighted by molar-refractivity contribution is 0.404. The molecular formula is C16H16N4O4. The number of methoxy groups -OCH3 is 2. The predicted octanol–water partition coefficient (Wildman–Crippen LogP) is 2.11. The number of benzene rings is 1. The average molecular weight is 328 g/mol. The molecule has 0 fully saturated rings. The van der Waals surface area contributed by atoms with Crippen LogP contribution in [0.1, 0.15) is 11.5 Å². The third kappa shape index (κ3) is 3.37. The van der Waals surface area contributed by atoms with Crippen LogP contribution in [-0.2, 0) is 6.42 Å². The third-order valence-corrected chi connectivity index (χ3v) is 3.35. The molecule has 0 radical (unpaired) electrons. The molecule has 3 rings (SSSR count). The van der Waals surface area contributed by atoms with Crippen molar-refractivity contribution in [1.82, 2.24) is 15.2 Å². The molecule has 3 aromatic rings. The Morgan fingerprint density at radius 3 is 2.75 bits per heavy atom. The number of hydrogen-bond donors (Lipinski definition) is 2. The van der Waals surface area contributed by atoms with Crippen LogP contribution in [-0.4, -0.2) is 29.4 Å². The highest BCUT2D eigenvalue weighted by atomic mass is 16.5. The number of hydrogen-bond acceptors (Lipinski definition) is 7. The summed E-state index contributed by atoms with van der Waals surface area (Å²) < 4.78 is 15.7. The molecule has 0 spiro atoms. The van der Waals surface area contributed by atoms with Crippen LogP contribution in [0.4, 0.5) is 11.6 Å². The fourth-order valence-electron chi connectivity index (χ4n) is 2.15. The van der Waals surface area contributed by atoms with Crippen molar-refractivity contribution >= 4 is 11.6 Å². The molecule has 0 aliphatic rings. The van der Waals surface area contributed by atoms with Crippen molar-refractivity contribution < 1.29 is 13.9 Å². The lowest BCUT2D eigenvalue weighted by Gasteiger charge is -2.11. The van der Waals surface area contributed by atoms with E-state index in [-0.39, 0.29) is 23.6 Å². The molecule has 0 amide bonds. The lowest BCUT2D eigenvalue weighted by Crippen LogP contribution is -2.18. The smallest absolute Gasteiger partial charge is 0.274 e. The van der Waals surface area contributed by atoms with Gasteiger partial charge in [-0.1, -0.05) is 0 Å². The van der Waals surface area contributed by atoms with Gasteiger partial charge in [-0.2, -0.15) is 0 Å². The van der Waals surface area contributed by atoms with Crippen molar-refractivity contribution in [2.24, 2.45) is 0 Å². The van der Waals surface area contributed by atoms with Gasteiger partial charge >= 0.3 is 0 Å². The minimum atomic E-state index is -0.342. The number of aromatic amines is 1. The Labute approximate surface area is 137 Å². The van der Waals surface area contributed by atoms with Gasteiger partial charge in [-0.25, -0.2) is 0 Å². The highest BCUT2D eigenvalue weighted by Crippen LogP contribution is 2.30. The van der Waals surface area contributed by atoms with Crippen LogP contribution in [0.15, 0.2) is 45.8 Å². The summed E-state index contributed by atoms with van der Waals surface area (Å²) in [7, 11) is 3.12. The first-order valence-corrected chi connectivity index (χ1v) is 7.17. The highest BCUT2D eigenvalue weighted by molar-refractivity contribution is 5.64. The number of ether oxygens (including phenoxy) is 2. The topological polar surface area (TPSA) is 102 Å². The molecule has 0 saturated carbocycles. The average Bonchev–Trinajstić information content (AvgIpc) is 3.10. The molecular weight excluding hydrogens is 312 g/mol. The van der Waals surface area contributed by atoms with E-state index in [1.165, 1.54) is 0 Å². The number of aromatic nitrogens is 3. The van der Waals surface area contributed by atoms with Crippen LogP contribution in [0.3, 0.4) is 0 Å². The quantitative estimate of drug-likeness (QED) is 0.714. The molecule has 24 heavy (non-hydrogen) atoms. The van der Waals surface area contributed by atoms with E-state index in [1.54, 1.807) is 50.8 Å². The molecule has 8 nitrogen and oxygen atoms in total. The third-order valence-electron chi connectivity index (χ3n) is 3.35. The molecule has 1 aromatic carbocycles. The van der Waals surface area contributed by atoms with Gasteiger partial charge in [0.25, 0.3) is 5.56 Å². The first-order valence-electron chi connectivity index (χ1n) is 7.17.